The van der Waals surface area contributed by atoms with Gasteiger partial charge in [0.2, 0.25) is 0 Å². The summed E-state index contributed by atoms with van der Waals surface area (Å²) >= 11 is 1.55. The summed E-state index contributed by atoms with van der Waals surface area (Å²) in [7, 11) is 0. The molecule has 1 saturated heterocycles. The molecule has 2 unspecified atom stereocenters. The second kappa shape index (κ2) is 7.55. The highest BCUT2D eigenvalue weighted by molar-refractivity contribution is 7.99. The first kappa shape index (κ1) is 19.5. The number of rotatable bonds is 3. The number of nitrogens with one attached hydrogen (secondary N) is 1. The lowest BCUT2D eigenvalue weighted by Gasteiger charge is -2.31. The molecule has 1 N–H and O–H groups in total. The summed E-state index contributed by atoms with van der Waals surface area (Å²) in [6.45, 7) is 5.47. The standard InChI is InChI=1S/C22H23N3O3S/c1-22(2,3)28-21(27)25-18(13-29-20(25)14-7-6-10-23-11-14)19(26)16-12-24-17-9-5-4-8-15(16)17/h4-12,18,20,24H,13H2,1-3H3. The van der Waals surface area contributed by atoms with Crippen LogP contribution in [0.25, 0.3) is 10.9 Å². The minimum absolute atomic E-state index is 0.0906. The first-order chi connectivity index (χ1) is 13.8. The quantitative estimate of drug-likeness (QED) is 0.629. The highest BCUT2D eigenvalue weighted by atomic mass is 32.2. The fourth-order valence-corrected chi connectivity index (χ4v) is 4.88. The molecular weight excluding hydrogens is 386 g/mol. The van der Waals surface area contributed by atoms with Crippen LogP contribution in [0.4, 0.5) is 4.79 Å². The van der Waals surface area contributed by atoms with Crippen LogP contribution in [-0.4, -0.2) is 44.1 Å². The van der Waals surface area contributed by atoms with E-state index < -0.39 is 17.7 Å². The zero-order valence-electron chi connectivity index (χ0n) is 16.6. The second-order valence-electron chi connectivity index (χ2n) is 7.99. The van der Waals surface area contributed by atoms with Crippen molar-refractivity contribution in [2.45, 2.75) is 37.8 Å². The number of nitrogens with zero attached hydrogens (tertiary/aromatic N) is 2. The van der Waals surface area contributed by atoms with E-state index in [2.05, 4.69) is 9.97 Å². The Labute approximate surface area is 173 Å². The molecule has 150 valence electrons. The second-order valence-corrected chi connectivity index (χ2v) is 9.10. The number of thioether (sulfide) groups is 1. The fourth-order valence-electron chi connectivity index (χ4n) is 3.48. The number of benzene rings is 1. The van der Waals surface area contributed by atoms with Gasteiger partial charge in [-0.15, -0.1) is 11.8 Å². The van der Waals surface area contributed by atoms with Crippen LogP contribution in [-0.2, 0) is 4.74 Å². The molecule has 1 fully saturated rings. The van der Waals surface area contributed by atoms with Crippen molar-refractivity contribution in [3.8, 4) is 0 Å². The normalized spacial score (nSPS) is 19.5. The van der Waals surface area contributed by atoms with Gasteiger partial charge >= 0.3 is 6.09 Å². The summed E-state index contributed by atoms with van der Waals surface area (Å²) < 4.78 is 5.65. The van der Waals surface area contributed by atoms with Crippen molar-refractivity contribution in [3.63, 3.8) is 0 Å². The molecule has 0 aliphatic carbocycles. The number of H-pyrrole nitrogens is 1. The van der Waals surface area contributed by atoms with Gasteiger partial charge < -0.3 is 9.72 Å². The van der Waals surface area contributed by atoms with E-state index in [0.29, 0.717) is 11.3 Å². The molecule has 4 rings (SSSR count). The van der Waals surface area contributed by atoms with Crippen molar-refractivity contribution in [3.05, 3.63) is 66.1 Å². The summed E-state index contributed by atoms with van der Waals surface area (Å²) in [6.07, 6.45) is 4.65. The van der Waals surface area contributed by atoms with E-state index in [-0.39, 0.29) is 11.2 Å². The molecule has 2 aromatic heterocycles. The van der Waals surface area contributed by atoms with Gasteiger partial charge in [0, 0.05) is 46.4 Å². The maximum Gasteiger partial charge on any atom is 0.412 e. The van der Waals surface area contributed by atoms with Crippen molar-refractivity contribution in [1.29, 1.82) is 0 Å². The van der Waals surface area contributed by atoms with Crippen LogP contribution in [0, 0.1) is 0 Å². The van der Waals surface area contributed by atoms with Crippen molar-refractivity contribution in [2.75, 3.05) is 5.75 Å². The summed E-state index contributed by atoms with van der Waals surface area (Å²) in [6, 6.07) is 10.8. The van der Waals surface area contributed by atoms with Crippen LogP contribution in [0.1, 0.15) is 42.1 Å². The largest absolute Gasteiger partial charge is 0.444 e. The highest BCUT2D eigenvalue weighted by Crippen LogP contribution is 2.43. The predicted molar refractivity (Wildman–Crippen MR) is 114 cm³/mol. The Morgan fingerprint density at radius 3 is 2.72 bits per heavy atom. The average Bonchev–Trinajstić information content (AvgIpc) is 3.31. The van der Waals surface area contributed by atoms with Gasteiger partial charge in [-0.1, -0.05) is 24.3 Å². The van der Waals surface area contributed by atoms with Gasteiger partial charge in [-0.2, -0.15) is 0 Å². The molecule has 1 aliphatic rings. The van der Waals surface area contributed by atoms with Crippen molar-refractivity contribution in [2.24, 2.45) is 0 Å². The Morgan fingerprint density at radius 2 is 2.00 bits per heavy atom. The number of ether oxygens (including phenoxy) is 1. The monoisotopic (exact) mass is 409 g/mol. The van der Waals surface area contributed by atoms with Crippen molar-refractivity contribution >= 4 is 34.5 Å². The number of hydrogen-bond donors (Lipinski definition) is 1. The summed E-state index contributed by atoms with van der Waals surface area (Å²) in [5.41, 5.74) is 1.70. The third kappa shape index (κ3) is 3.87. The number of Topliss-reactive ketones (excluding diaryl/α,β-unsaturated/α-hetero) is 1. The van der Waals surface area contributed by atoms with E-state index >= 15 is 0 Å². The van der Waals surface area contributed by atoms with Crippen LogP contribution < -0.4 is 0 Å². The summed E-state index contributed by atoms with van der Waals surface area (Å²) in [4.78, 5) is 35.5. The Balaban J connectivity index is 1.71. The molecule has 1 aromatic carbocycles. The van der Waals surface area contributed by atoms with Crippen LogP contribution >= 0.6 is 11.8 Å². The lowest BCUT2D eigenvalue weighted by atomic mass is 10.0. The molecule has 7 heteroatoms. The maximum atomic E-state index is 13.5. The molecule has 2 atom stereocenters. The lowest BCUT2D eigenvalue weighted by Crippen LogP contribution is -2.45. The number of amides is 1. The van der Waals surface area contributed by atoms with Crippen LogP contribution in [0.2, 0.25) is 0 Å². The highest BCUT2D eigenvalue weighted by Gasteiger charge is 2.44. The third-order valence-electron chi connectivity index (χ3n) is 4.73. The third-order valence-corrected chi connectivity index (χ3v) is 6.05. The zero-order chi connectivity index (χ0) is 20.6. The number of para-hydroxylation sites is 1. The van der Waals surface area contributed by atoms with E-state index in [0.717, 1.165) is 16.5 Å². The number of carbonyl (C=O) groups is 2. The Bertz CT molecular complexity index is 1040. The number of fused-ring (bicyclic) bond motifs is 1. The molecule has 0 saturated carbocycles. The molecular formula is C22H23N3O3S. The lowest BCUT2D eigenvalue weighted by molar-refractivity contribution is 0.0173. The Hall–Kier alpha value is -2.80. The molecule has 0 spiro atoms. The average molecular weight is 410 g/mol. The first-order valence-corrected chi connectivity index (χ1v) is 10.5. The Kier molecular flexibility index (Phi) is 5.08. The summed E-state index contributed by atoms with van der Waals surface area (Å²) in [5.74, 6) is 0.407. The maximum absolute atomic E-state index is 13.5. The topological polar surface area (TPSA) is 75.3 Å². The van der Waals surface area contributed by atoms with Gasteiger partial charge in [-0.3, -0.25) is 14.7 Å². The molecule has 0 radical (unpaired) electrons. The minimum atomic E-state index is -0.655. The minimum Gasteiger partial charge on any atom is -0.444 e. The van der Waals surface area contributed by atoms with Crippen LogP contribution in [0.3, 0.4) is 0 Å². The van der Waals surface area contributed by atoms with E-state index in [9.17, 15) is 9.59 Å². The fraction of sp³-hybridized carbons (Fsp3) is 0.318. The Morgan fingerprint density at radius 1 is 1.21 bits per heavy atom. The molecule has 1 amide bonds. The first-order valence-electron chi connectivity index (χ1n) is 9.48. The van der Waals surface area contributed by atoms with E-state index in [4.69, 9.17) is 4.74 Å². The van der Waals surface area contributed by atoms with Gasteiger partial charge in [0.05, 0.1) is 0 Å². The molecule has 6 nitrogen and oxygen atoms in total. The van der Waals surface area contributed by atoms with Gasteiger partial charge in [-0.05, 0) is 32.9 Å². The molecule has 29 heavy (non-hydrogen) atoms. The molecule has 3 aromatic rings. The van der Waals surface area contributed by atoms with Crippen molar-refractivity contribution in [1.82, 2.24) is 14.9 Å². The van der Waals surface area contributed by atoms with Gasteiger partial charge in [-0.25, -0.2) is 4.79 Å². The smallest absolute Gasteiger partial charge is 0.412 e. The molecule has 3 heterocycles. The van der Waals surface area contributed by atoms with Gasteiger partial charge in [0.25, 0.3) is 0 Å². The van der Waals surface area contributed by atoms with E-state index in [1.54, 1.807) is 35.3 Å². The number of aromatic nitrogens is 2. The van der Waals surface area contributed by atoms with Gasteiger partial charge in [0.1, 0.15) is 17.0 Å². The molecule has 0 bridgehead atoms. The van der Waals surface area contributed by atoms with Crippen molar-refractivity contribution < 1.29 is 14.3 Å². The number of ketones is 1. The number of pyridine rings is 1. The number of aromatic amines is 1. The van der Waals surface area contributed by atoms with Crippen LogP contribution in [0.5, 0.6) is 0 Å². The van der Waals surface area contributed by atoms with E-state index in [1.807, 2.05) is 57.2 Å². The zero-order valence-corrected chi connectivity index (χ0v) is 17.4. The summed E-state index contributed by atoms with van der Waals surface area (Å²) in [5, 5.41) is 0.536. The molecule has 1 aliphatic heterocycles. The van der Waals surface area contributed by atoms with Crippen LogP contribution in [0.15, 0.2) is 55.0 Å². The SMILES string of the molecule is CC(C)(C)OC(=O)N1C(C(=O)c2c[nH]c3ccccc23)CSC1c1cccnc1. The van der Waals surface area contributed by atoms with E-state index in [1.165, 1.54) is 0 Å². The predicted octanol–water partition coefficient (Wildman–Crippen LogP) is 4.80. The number of carbonyl (C=O) groups excluding carboxylic acids is 2. The van der Waals surface area contributed by atoms with Gasteiger partial charge in [0.15, 0.2) is 5.78 Å². The number of hydrogen-bond acceptors (Lipinski definition) is 5.